The van der Waals surface area contributed by atoms with Crippen molar-refractivity contribution in [3.63, 3.8) is 0 Å². The molecule has 0 radical (unpaired) electrons. The highest BCUT2D eigenvalue weighted by Gasteiger charge is 2.33. The second-order valence-corrected chi connectivity index (χ2v) is 5.62. The molecule has 0 amide bonds. The summed E-state index contributed by atoms with van der Waals surface area (Å²) in [5.74, 6) is 0.388. The molecule has 0 aliphatic rings. The van der Waals surface area contributed by atoms with E-state index >= 15 is 0 Å². The minimum absolute atomic E-state index is 0.0602. The molecule has 1 atom stereocenters. The number of hydrogen-bond donors (Lipinski definition) is 1. The second-order valence-electron chi connectivity index (χ2n) is 3.25. The molecule has 13 heavy (non-hydrogen) atoms. The van der Waals surface area contributed by atoms with Gasteiger partial charge in [-0.25, -0.2) is 0 Å². The molecule has 0 saturated heterocycles. The predicted octanol–water partition coefficient (Wildman–Crippen LogP) is 2.78. The molecule has 1 N–H and O–H groups in total. The highest BCUT2D eigenvalue weighted by molar-refractivity contribution is 6.68. The fourth-order valence-corrected chi connectivity index (χ4v) is 1.38. The van der Waals surface area contributed by atoms with Gasteiger partial charge < -0.3 is 9.84 Å². The molecule has 0 aromatic heterocycles. The van der Waals surface area contributed by atoms with Crippen molar-refractivity contribution in [2.24, 2.45) is 5.92 Å². The molecular weight excluding hydrogens is 234 g/mol. The molecule has 0 spiro atoms. The first-order valence-electron chi connectivity index (χ1n) is 4.17. The summed E-state index contributed by atoms with van der Waals surface area (Å²) in [4.78, 5) is 0. The molecule has 0 aliphatic carbocycles. The molecule has 0 aromatic carbocycles. The van der Waals surface area contributed by atoms with Gasteiger partial charge in [0.1, 0.15) is 6.10 Å². The van der Waals surface area contributed by atoms with Crippen LogP contribution in [0.1, 0.15) is 20.3 Å². The largest absolute Gasteiger partial charge is 0.394 e. The highest BCUT2D eigenvalue weighted by atomic mass is 35.6. The van der Waals surface area contributed by atoms with E-state index in [4.69, 9.17) is 44.6 Å². The third kappa shape index (κ3) is 6.81. The molecule has 0 rings (SSSR count). The van der Waals surface area contributed by atoms with Crippen LogP contribution in [0.15, 0.2) is 0 Å². The van der Waals surface area contributed by atoms with E-state index < -0.39 is 9.90 Å². The van der Waals surface area contributed by atoms with Crippen molar-refractivity contribution in [2.75, 3.05) is 13.2 Å². The minimum atomic E-state index is -1.42. The fraction of sp³-hybridized carbons (Fsp3) is 1.00. The smallest absolute Gasteiger partial charge is 0.216 e. The van der Waals surface area contributed by atoms with E-state index in [9.17, 15) is 0 Å². The maximum absolute atomic E-state index is 8.56. The zero-order chi connectivity index (χ0) is 10.5. The Morgan fingerprint density at radius 1 is 1.31 bits per heavy atom. The van der Waals surface area contributed by atoms with Crippen LogP contribution in [-0.4, -0.2) is 28.2 Å². The average Bonchev–Trinajstić information content (AvgIpc) is 1.95. The molecular formula is C8H15Cl3O2. The summed E-state index contributed by atoms with van der Waals surface area (Å²) in [6, 6.07) is 0. The Morgan fingerprint density at radius 2 is 1.85 bits per heavy atom. The summed E-state index contributed by atoms with van der Waals surface area (Å²) in [6.45, 7) is 4.18. The number of halogens is 3. The molecule has 5 heteroatoms. The zero-order valence-corrected chi connectivity index (χ0v) is 10.0. The first-order chi connectivity index (χ1) is 5.88. The quantitative estimate of drug-likeness (QED) is 0.759. The summed E-state index contributed by atoms with van der Waals surface area (Å²) in [5, 5.41) is 8.56. The van der Waals surface area contributed by atoms with Crippen molar-refractivity contribution in [3.05, 3.63) is 0 Å². The summed E-state index contributed by atoms with van der Waals surface area (Å²) in [6.07, 6.45) is 0.209. The van der Waals surface area contributed by atoms with E-state index in [0.717, 1.165) is 0 Å². The van der Waals surface area contributed by atoms with Gasteiger partial charge in [0.05, 0.1) is 13.2 Å². The standard InChI is InChI=1S/C8H15Cl3O2/c1-6(2)5-7(8(9,10)11)13-4-3-12/h6-7,12H,3-5H2,1-2H3. The number of hydrogen-bond acceptors (Lipinski definition) is 2. The van der Waals surface area contributed by atoms with Crippen LogP contribution in [0.25, 0.3) is 0 Å². The van der Waals surface area contributed by atoms with E-state index in [1.54, 1.807) is 0 Å². The lowest BCUT2D eigenvalue weighted by Gasteiger charge is -2.25. The Balaban J connectivity index is 4.03. The molecule has 0 aliphatic heterocycles. The number of aliphatic hydroxyl groups is 1. The van der Waals surface area contributed by atoms with E-state index in [1.165, 1.54) is 0 Å². The molecule has 0 aromatic rings. The van der Waals surface area contributed by atoms with Gasteiger partial charge in [0.15, 0.2) is 0 Å². The topological polar surface area (TPSA) is 29.5 Å². The lowest BCUT2D eigenvalue weighted by atomic mass is 10.1. The van der Waals surface area contributed by atoms with Gasteiger partial charge in [-0.05, 0) is 12.3 Å². The molecule has 0 bridgehead atoms. The van der Waals surface area contributed by atoms with Gasteiger partial charge in [0.2, 0.25) is 3.79 Å². The first-order valence-corrected chi connectivity index (χ1v) is 5.30. The SMILES string of the molecule is CC(C)CC(OCCO)C(Cl)(Cl)Cl. The van der Waals surface area contributed by atoms with Crippen LogP contribution in [0.3, 0.4) is 0 Å². The number of alkyl halides is 3. The molecule has 80 valence electrons. The minimum Gasteiger partial charge on any atom is -0.394 e. The van der Waals surface area contributed by atoms with Gasteiger partial charge in [-0.3, -0.25) is 0 Å². The van der Waals surface area contributed by atoms with Crippen LogP contribution in [0.5, 0.6) is 0 Å². The Morgan fingerprint density at radius 3 is 2.15 bits per heavy atom. The summed E-state index contributed by atoms with van der Waals surface area (Å²) in [7, 11) is 0. The Labute approximate surface area is 94.1 Å². The molecule has 2 nitrogen and oxygen atoms in total. The van der Waals surface area contributed by atoms with E-state index in [2.05, 4.69) is 0 Å². The van der Waals surface area contributed by atoms with Crippen molar-refractivity contribution in [1.82, 2.24) is 0 Å². The van der Waals surface area contributed by atoms with Crippen LogP contribution in [0.2, 0.25) is 0 Å². The first kappa shape index (κ1) is 13.8. The average molecular weight is 250 g/mol. The lowest BCUT2D eigenvalue weighted by molar-refractivity contribution is 0.0198. The van der Waals surface area contributed by atoms with Gasteiger partial charge in [0.25, 0.3) is 0 Å². The maximum Gasteiger partial charge on any atom is 0.216 e. The highest BCUT2D eigenvalue weighted by Crippen LogP contribution is 2.35. The van der Waals surface area contributed by atoms with Crippen molar-refractivity contribution < 1.29 is 9.84 Å². The Bertz CT molecular complexity index is 134. The van der Waals surface area contributed by atoms with Crippen LogP contribution < -0.4 is 0 Å². The normalized spacial score (nSPS) is 15.0. The third-order valence-corrected chi connectivity index (χ3v) is 2.19. The van der Waals surface area contributed by atoms with Gasteiger partial charge >= 0.3 is 0 Å². The summed E-state index contributed by atoms with van der Waals surface area (Å²) in [5.41, 5.74) is 0. The summed E-state index contributed by atoms with van der Waals surface area (Å²) < 4.78 is 3.80. The van der Waals surface area contributed by atoms with Gasteiger partial charge in [-0.2, -0.15) is 0 Å². The zero-order valence-electron chi connectivity index (χ0n) is 7.77. The van der Waals surface area contributed by atoms with Crippen LogP contribution in [0, 0.1) is 5.92 Å². The van der Waals surface area contributed by atoms with Gasteiger partial charge in [-0.1, -0.05) is 48.7 Å². The van der Waals surface area contributed by atoms with E-state index in [1.807, 2.05) is 13.8 Å². The van der Waals surface area contributed by atoms with E-state index in [0.29, 0.717) is 12.3 Å². The predicted molar refractivity (Wildman–Crippen MR) is 56.6 cm³/mol. The molecule has 1 unspecified atom stereocenters. The van der Waals surface area contributed by atoms with Crippen molar-refractivity contribution >= 4 is 34.8 Å². The summed E-state index contributed by atoms with van der Waals surface area (Å²) >= 11 is 17.1. The molecule has 0 heterocycles. The molecule has 0 saturated carbocycles. The van der Waals surface area contributed by atoms with Gasteiger partial charge in [-0.15, -0.1) is 0 Å². The van der Waals surface area contributed by atoms with Crippen molar-refractivity contribution in [1.29, 1.82) is 0 Å². The molecule has 0 fully saturated rings. The van der Waals surface area contributed by atoms with E-state index in [-0.39, 0.29) is 13.2 Å². The van der Waals surface area contributed by atoms with Gasteiger partial charge in [0, 0.05) is 0 Å². The number of rotatable bonds is 5. The van der Waals surface area contributed by atoms with Crippen molar-refractivity contribution in [2.45, 2.75) is 30.2 Å². The number of ether oxygens (including phenoxy) is 1. The Hall–Kier alpha value is 0.790. The van der Waals surface area contributed by atoms with Crippen molar-refractivity contribution in [3.8, 4) is 0 Å². The fourth-order valence-electron chi connectivity index (χ4n) is 0.919. The maximum atomic E-state index is 8.56. The van der Waals surface area contributed by atoms with Crippen LogP contribution in [0.4, 0.5) is 0 Å². The lowest BCUT2D eigenvalue weighted by Crippen LogP contribution is -2.31. The van der Waals surface area contributed by atoms with Crippen LogP contribution in [-0.2, 0) is 4.74 Å². The second kappa shape index (κ2) is 6.31. The Kier molecular flexibility index (Phi) is 6.69. The van der Waals surface area contributed by atoms with Crippen LogP contribution >= 0.6 is 34.8 Å². The number of aliphatic hydroxyl groups excluding tert-OH is 1. The monoisotopic (exact) mass is 248 g/mol. The third-order valence-electron chi connectivity index (χ3n) is 1.46.